The second-order valence-electron chi connectivity index (χ2n) is 9.36. The first-order chi connectivity index (χ1) is 15.9. The fourth-order valence-electron chi connectivity index (χ4n) is 3.84. The van der Waals surface area contributed by atoms with E-state index in [1.54, 1.807) is 36.6 Å². The van der Waals surface area contributed by atoms with Gasteiger partial charge in [0.25, 0.3) is 11.8 Å². The number of hydrogen-bond acceptors (Lipinski definition) is 5. The summed E-state index contributed by atoms with van der Waals surface area (Å²) in [4.78, 5) is 29.3. The second-order valence-corrected chi connectivity index (χ2v) is 11.0. The van der Waals surface area contributed by atoms with Crippen LogP contribution in [0.4, 0.5) is 0 Å². The van der Waals surface area contributed by atoms with E-state index in [0.717, 1.165) is 6.42 Å². The van der Waals surface area contributed by atoms with Gasteiger partial charge in [0.2, 0.25) is 10.0 Å². The molecule has 1 aliphatic heterocycles. The Morgan fingerprint density at radius 1 is 0.912 bits per heavy atom. The van der Waals surface area contributed by atoms with Crippen LogP contribution >= 0.6 is 0 Å². The summed E-state index contributed by atoms with van der Waals surface area (Å²) in [5.74, 6) is -0.173. The molecule has 1 saturated heterocycles. The molecule has 0 bridgehead atoms. The Labute approximate surface area is 201 Å². The molecule has 1 heterocycles. The molecule has 2 aromatic carbocycles. The summed E-state index contributed by atoms with van der Waals surface area (Å²) in [6, 6.07) is 12.0. The monoisotopic (exact) mass is 487 g/mol. The Bertz CT molecular complexity index is 1150. The number of nitrogens with zero attached hydrogens (tertiary/aromatic N) is 2. The lowest BCUT2D eigenvalue weighted by Crippen LogP contribution is -2.50. The highest BCUT2D eigenvalue weighted by Gasteiger charge is 2.29. The Kier molecular flexibility index (Phi) is 7.67. The van der Waals surface area contributed by atoms with Crippen molar-refractivity contribution in [3.8, 4) is 5.75 Å². The molecule has 0 aromatic heterocycles. The van der Waals surface area contributed by atoms with Crippen LogP contribution in [0, 0.1) is 0 Å². The van der Waals surface area contributed by atoms with E-state index in [9.17, 15) is 18.0 Å². The van der Waals surface area contributed by atoms with E-state index in [0.29, 0.717) is 31.7 Å². The zero-order valence-corrected chi connectivity index (χ0v) is 21.2. The number of rotatable bonds is 6. The van der Waals surface area contributed by atoms with Gasteiger partial charge in [-0.15, -0.1) is 0 Å². The van der Waals surface area contributed by atoms with Crippen LogP contribution in [0.2, 0.25) is 0 Å². The van der Waals surface area contributed by atoms with Crippen LogP contribution < -0.4 is 9.46 Å². The number of methoxy groups -OCH3 is 1. The molecule has 0 aliphatic carbocycles. The smallest absolute Gasteiger partial charge is 0.254 e. The molecule has 0 radical (unpaired) electrons. The van der Waals surface area contributed by atoms with Crippen molar-refractivity contribution >= 4 is 21.8 Å². The topological polar surface area (TPSA) is 96.0 Å². The zero-order valence-electron chi connectivity index (χ0n) is 20.4. The highest BCUT2D eigenvalue weighted by molar-refractivity contribution is 7.89. The van der Waals surface area contributed by atoms with E-state index in [4.69, 9.17) is 4.74 Å². The second kappa shape index (κ2) is 10.1. The van der Waals surface area contributed by atoms with E-state index in [-0.39, 0.29) is 28.0 Å². The third-order valence-corrected chi connectivity index (χ3v) is 7.38. The Morgan fingerprint density at radius 2 is 1.41 bits per heavy atom. The van der Waals surface area contributed by atoms with Crippen LogP contribution in [0.25, 0.3) is 0 Å². The van der Waals surface area contributed by atoms with Crippen molar-refractivity contribution < 1.29 is 22.7 Å². The van der Waals surface area contributed by atoms with Crippen LogP contribution in [0.1, 0.15) is 54.0 Å². The summed E-state index contributed by atoms with van der Waals surface area (Å²) in [5.41, 5.74) is 1.37. The van der Waals surface area contributed by atoms with E-state index in [1.165, 1.54) is 24.8 Å². The maximum atomic E-state index is 13.1. The average Bonchev–Trinajstić information content (AvgIpc) is 2.81. The Morgan fingerprint density at radius 3 is 1.88 bits per heavy atom. The third-order valence-electron chi connectivity index (χ3n) is 5.60. The summed E-state index contributed by atoms with van der Waals surface area (Å²) in [6.07, 6.45) is 0.913. The molecule has 0 saturated carbocycles. The van der Waals surface area contributed by atoms with Gasteiger partial charge >= 0.3 is 0 Å². The van der Waals surface area contributed by atoms with Gasteiger partial charge in [-0.25, -0.2) is 13.1 Å². The average molecular weight is 488 g/mol. The largest absolute Gasteiger partial charge is 0.495 e. The van der Waals surface area contributed by atoms with Gasteiger partial charge in [-0.2, -0.15) is 0 Å². The van der Waals surface area contributed by atoms with Crippen molar-refractivity contribution in [2.75, 3.05) is 33.3 Å². The number of carbonyl (C=O) groups is 2. The van der Waals surface area contributed by atoms with E-state index >= 15 is 0 Å². The zero-order chi connectivity index (χ0) is 25.1. The van der Waals surface area contributed by atoms with Gasteiger partial charge in [-0.05, 0) is 63.1 Å². The number of amides is 2. The maximum absolute atomic E-state index is 13.1. The lowest BCUT2D eigenvalue weighted by Gasteiger charge is -2.35. The maximum Gasteiger partial charge on any atom is 0.254 e. The number of benzene rings is 2. The number of ether oxygens (including phenoxy) is 1. The van der Waals surface area contributed by atoms with Crippen molar-refractivity contribution in [3.05, 3.63) is 59.2 Å². The van der Waals surface area contributed by atoms with Crippen LogP contribution in [0.3, 0.4) is 0 Å². The van der Waals surface area contributed by atoms with E-state index < -0.39 is 15.6 Å². The third kappa shape index (κ3) is 5.95. The molecular weight excluding hydrogens is 454 g/mol. The standard InChI is InChI=1S/C25H33N3O5S/c1-6-18-7-9-19(10-8-18)23(29)27-13-15-28(16-14-27)24(30)20-11-12-21(33-5)22(17-20)34(31,32)26-25(2,3)4/h7-12,17,26H,6,13-16H2,1-5H3. The van der Waals surface area contributed by atoms with Crippen molar-refractivity contribution in [1.29, 1.82) is 0 Å². The van der Waals surface area contributed by atoms with Gasteiger partial charge in [0.05, 0.1) is 7.11 Å². The van der Waals surface area contributed by atoms with Crippen LogP contribution in [0.5, 0.6) is 5.75 Å². The molecule has 8 nitrogen and oxygen atoms in total. The number of aryl methyl sites for hydroxylation is 1. The quantitative estimate of drug-likeness (QED) is 0.676. The van der Waals surface area contributed by atoms with Gasteiger partial charge in [0, 0.05) is 42.8 Å². The van der Waals surface area contributed by atoms with Crippen LogP contribution in [0.15, 0.2) is 47.4 Å². The fourth-order valence-corrected chi connectivity index (χ4v) is 5.45. The predicted octanol–water partition coefficient (Wildman–Crippen LogP) is 2.93. The highest BCUT2D eigenvalue weighted by Crippen LogP contribution is 2.27. The van der Waals surface area contributed by atoms with Crippen molar-refractivity contribution in [3.63, 3.8) is 0 Å². The van der Waals surface area contributed by atoms with Crippen molar-refractivity contribution in [2.24, 2.45) is 0 Å². The summed E-state index contributed by atoms with van der Waals surface area (Å²) >= 11 is 0. The minimum absolute atomic E-state index is 0.0548. The van der Waals surface area contributed by atoms with Crippen LogP contribution in [-0.2, 0) is 16.4 Å². The SMILES string of the molecule is CCc1ccc(C(=O)N2CCN(C(=O)c3ccc(OC)c(S(=O)(=O)NC(C)(C)C)c3)CC2)cc1. The molecule has 3 rings (SSSR count). The summed E-state index contributed by atoms with van der Waals surface area (Å²) in [5, 5.41) is 0. The summed E-state index contributed by atoms with van der Waals surface area (Å²) < 4.78 is 33.7. The number of carbonyl (C=O) groups excluding carboxylic acids is 2. The van der Waals surface area contributed by atoms with E-state index in [1.807, 2.05) is 24.3 Å². The molecule has 1 aliphatic rings. The molecule has 2 amide bonds. The first kappa shape index (κ1) is 25.7. The first-order valence-electron chi connectivity index (χ1n) is 11.3. The normalized spacial score (nSPS) is 14.7. The first-order valence-corrected chi connectivity index (χ1v) is 12.8. The number of sulfonamides is 1. The molecule has 2 aromatic rings. The minimum Gasteiger partial charge on any atom is -0.495 e. The van der Waals surface area contributed by atoms with Crippen molar-refractivity contribution in [2.45, 2.75) is 44.6 Å². The van der Waals surface area contributed by atoms with Gasteiger partial charge < -0.3 is 14.5 Å². The molecule has 34 heavy (non-hydrogen) atoms. The lowest BCUT2D eigenvalue weighted by molar-refractivity contribution is 0.0535. The van der Waals surface area contributed by atoms with E-state index in [2.05, 4.69) is 11.6 Å². The Balaban J connectivity index is 1.72. The van der Waals surface area contributed by atoms with Crippen molar-refractivity contribution in [1.82, 2.24) is 14.5 Å². The van der Waals surface area contributed by atoms with Gasteiger partial charge in [-0.1, -0.05) is 19.1 Å². The summed E-state index contributed by atoms with van der Waals surface area (Å²) in [7, 11) is -2.51. The molecule has 9 heteroatoms. The highest BCUT2D eigenvalue weighted by atomic mass is 32.2. The minimum atomic E-state index is -3.90. The van der Waals surface area contributed by atoms with Gasteiger partial charge in [0.1, 0.15) is 10.6 Å². The predicted molar refractivity (Wildman–Crippen MR) is 131 cm³/mol. The fraction of sp³-hybridized carbons (Fsp3) is 0.440. The van der Waals surface area contributed by atoms with Gasteiger partial charge in [0.15, 0.2) is 0 Å². The summed E-state index contributed by atoms with van der Waals surface area (Å²) in [6.45, 7) is 8.84. The molecule has 1 fully saturated rings. The lowest BCUT2D eigenvalue weighted by atomic mass is 10.1. The molecular formula is C25H33N3O5S. The molecule has 0 atom stereocenters. The molecule has 0 spiro atoms. The number of nitrogens with one attached hydrogen (secondary N) is 1. The molecule has 1 N–H and O–H groups in total. The number of hydrogen-bond donors (Lipinski definition) is 1. The molecule has 0 unspecified atom stereocenters. The van der Waals surface area contributed by atoms with Crippen LogP contribution in [-0.4, -0.2) is 68.9 Å². The molecule has 184 valence electrons. The Hall–Kier alpha value is -2.91. The number of piperazine rings is 1. The van der Waals surface area contributed by atoms with Gasteiger partial charge in [-0.3, -0.25) is 9.59 Å².